The lowest BCUT2D eigenvalue weighted by Gasteiger charge is -2.42. The largest absolute Gasteiger partial charge is 0.870 e. The number of hydrogen-bond donors (Lipinski definition) is 0. The zero-order chi connectivity index (χ0) is 10.3. The Bertz CT molecular complexity index is 106. The monoisotopic (exact) mass is 203 g/mol. The molecule has 0 fully saturated rings. The highest BCUT2D eigenvalue weighted by atomic mass is 16.0. The molecule has 0 bridgehead atoms. The molecule has 0 rings (SSSR count). The fraction of sp³-hybridized carbons (Fsp3) is 1.00. The highest BCUT2D eigenvalue weighted by Gasteiger charge is 2.27. The van der Waals surface area contributed by atoms with Crippen LogP contribution in [0.1, 0.15) is 53.9 Å². The van der Waals surface area contributed by atoms with Gasteiger partial charge in [0.2, 0.25) is 0 Å². The van der Waals surface area contributed by atoms with Gasteiger partial charge in [0, 0.05) is 0 Å². The molecular weight excluding hydrogens is 174 g/mol. The Balaban J connectivity index is 0. The lowest BCUT2D eigenvalue weighted by molar-refractivity contribution is -0.947. The quantitative estimate of drug-likeness (QED) is 0.584. The van der Waals surface area contributed by atoms with Gasteiger partial charge in [-0.15, -0.1) is 0 Å². The van der Waals surface area contributed by atoms with Crippen LogP contribution in [0, 0.1) is 0 Å². The first-order valence-corrected chi connectivity index (χ1v) is 5.98. The third-order valence-corrected chi connectivity index (χ3v) is 3.10. The van der Waals surface area contributed by atoms with Crippen LogP contribution >= 0.6 is 0 Å². The van der Waals surface area contributed by atoms with Crippen molar-refractivity contribution in [3.63, 3.8) is 0 Å². The van der Waals surface area contributed by atoms with E-state index in [1.54, 1.807) is 0 Å². The summed E-state index contributed by atoms with van der Waals surface area (Å²) in [5.41, 5.74) is 0. The molecule has 0 atom stereocenters. The molecule has 0 aromatic rings. The second-order valence-corrected chi connectivity index (χ2v) is 4.48. The van der Waals surface area contributed by atoms with Crippen LogP contribution in [0.3, 0.4) is 0 Å². The average Bonchev–Trinajstić information content (AvgIpc) is 2.05. The summed E-state index contributed by atoms with van der Waals surface area (Å²) >= 11 is 0. The van der Waals surface area contributed by atoms with Crippen LogP contribution in [0.25, 0.3) is 0 Å². The summed E-state index contributed by atoms with van der Waals surface area (Å²) in [7, 11) is 0. The lowest BCUT2D eigenvalue weighted by Crippen LogP contribution is -2.54. The molecule has 0 radical (unpaired) electrons. The van der Waals surface area contributed by atoms with E-state index >= 15 is 0 Å². The molecule has 1 N–H and O–H groups in total. The van der Waals surface area contributed by atoms with E-state index < -0.39 is 0 Å². The van der Waals surface area contributed by atoms with Crippen LogP contribution in [0.4, 0.5) is 0 Å². The number of quaternary nitrogens is 1. The molecule has 88 valence electrons. The highest BCUT2D eigenvalue weighted by Crippen LogP contribution is 2.16. The molecule has 0 aliphatic rings. The zero-order valence-electron chi connectivity index (χ0n) is 10.7. The van der Waals surface area contributed by atoms with Crippen LogP contribution in [-0.4, -0.2) is 35.6 Å². The number of nitrogens with zero attached hydrogens (tertiary/aromatic N) is 1. The van der Waals surface area contributed by atoms with Gasteiger partial charge in [-0.25, -0.2) is 0 Å². The Hall–Kier alpha value is -0.0800. The fourth-order valence-electron chi connectivity index (χ4n) is 2.45. The fourth-order valence-corrected chi connectivity index (χ4v) is 2.45. The van der Waals surface area contributed by atoms with Gasteiger partial charge >= 0.3 is 0 Å². The SMILES string of the molecule is CCC[N+](CCC)(CCC)C(C)C.[OH-]. The number of rotatable bonds is 7. The van der Waals surface area contributed by atoms with Crippen LogP contribution in [0.2, 0.25) is 0 Å². The second-order valence-electron chi connectivity index (χ2n) is 4.48. The smallest absolute Gasteiger partial charge is 0.0833 e. The maximum Gasteiger partial charge on any atom is 0.0833 e. The van der Waals surface area contributed by atoms with Crippen molar-refractivity contribution in [3.05, 3.63) is 0 Å². The van der Waals surface area contributed by atoms with E-state index in [1.807, 2.05) is 0 Å². The summed E-state index contributed by atoms with van der Waals surface area (Å²) in [6.07, 6.45) is 3.95. The minimum absolute atomic E-state index is 0. The first kappa shape index (κ1) is 16.4. The Labute approximate surface area is 90.2 Å². The van der Waals surface area contributed by atoms with Gasteiger partial charge in [0.1, 0.15) is 0 Å². The molecule has 2 heteroatoms. The van der Waals surface area contributed by atoms with Gasteiger partial charge in [-0.05, 0) is 33.1 Å². The summed E-state index contributed by atoms with van der Waals surface area (Å²) in [6, 6.07) is 0.792. The first-order chi connectivity index (χ1) is 6.13. The molecule has 0 aromatic heterocycles. The van der Waals surface area contributed by atoms with Crippen LogP contribution < -0.4 is 0 Å². The van der Waals surface area contributed by atoms with Crippen molar-refractivity contribution in [1.82, 2.24) is 0 Å². The second kappa shape index (κ2) is 8.25. The van der Waals surface area contributed by atoms with Crippen LogP contribution in [-0.2, 0) is 0 Å². The molecule has 0 saturated heterocycles. The summed E-state index contributed by atoms with van der Waals surface area (Å²) in [6.45, 7) is 15.8. The summed E-state index contributed by atoms with van der Waals surface area (Å²) in [5.74, 6) is 0. The van der Waals surface area contributed by atoms with Gasteiger partial charge in [-0.1, -0.05) is 20.8 Å². The van der Waals surface area contributed by atoms with Crippen LogP contribution in [0.5, 0.6) is 0 Å². The third kappa shape index (κ3) is 4.43. The Morgan fingerprint density at radius 3 is 1.21 bits per heavy atom. The van der Waals surface area contributed by atoms with Gasteiger partial charge in [0.15, 0.2) is 0 Å². The van der Waals surface area contributed by atoms with Gasteiger partial charge in [0.05, 0.1) is 25.7 Å². The topological polar surface area (TPSA) is 30.0 Å². The molecular formula is C12H29NO. The predicted octanol–water partition coefficient (Wildman–Crippen LogP) is 3.26. The summed E-state index contributed by atoms with van der Waals surface area (Å²) < 4.78 is 1.34. The van der Waals surface area contributed by atoms with Crippen molar-refractivity contribution < 1.29 is 9.96 Å². The maximum absolute atomic E-state index is 2.38. The van der Waals surface area contributed by atoms with Crippen LogP contribution in [0.15, 0.2) is 0 Å². The molecule has 0 saturated carbocycles. The van der Waals surface area contributed by atoms with Crippen molar-refractivity contribution in [3.8, 4) is 0 Å². The highest BCUT2D eigenvalue weighted by molar-refractivity contribution is 4.49. The molecule has 0 unspecified atom stereocenters. The Morgan fingerprint density at radius 1 is 0.786 bits per heavy atom. The van der Waals surface area contributed by atoms with Crippen molar-refractivity contribution in [2.24, 2.45) is 0 Å². The van der Waals surface area contributed by atoms with E-state index in [-0.39, 0.29) is 5.48 Å². The number of hydrogen-bond acceptors (Lipinski definition) is 1. The molecule has 0 spiro atoms. The normalized spacial score (nSPS) is 11.6. The van der Waals surface area contributed by atoms with Crippen molar-refractivity contribution in [1.29, 1.82) is 0 Å². The minimum atomic E-state index is 0. The van der Waals surface area contributed by atoms with E-state index in [1.165, 1.54) is 43.4 Å². The van der Waals surface area contributed by atoms with Gasteiger partial charge in [-0.3, -0.25) is 0 Å². The Morgan fingerprint density at radius 2 is 1.07 bits per heavy atom. The van der Waals surface area contributed by atoms with Crippen molar-refractivity contribution in [2.45, 2.75) is 59.9 Å². The minimum Gasteiger partial charge on any atom is -0.870 e. The van der Waals surface area contributed by atoms with Gasteiger partial charge in [-0.2, -0.15) is 0 Å². The lowest BCUT2D eigenvalue weighted by atomic mass is 10.1. The molecule has 2 nitrogen and oxygen atoms in total. The van der Waals surface area contributed by atoms with E-state index in [4.69, 9.17) is 0 Å². The first-order valence-electron chi connectivity index (χ1n) is 5.98. The predicted molar refractivity (Wildman–Crippen MR) is 62.8 cm³/mol. The molecule has 0 heterocycles. The molecule has 0 amide bonds. The van der Waals surface area contributed by atoms with E-state index in [2.05, 4.69) is 34.6 Å². The van der Waals surface area contributed by atoms with E-state index in [9.17, 15) is 0 Å². The van der Waals surface area contributed by atoms with Gasteiger partial charge in [0.25, 0.3) is 0 Å². The molecule has 0 aliphatic carbocycles. The van der Waals surface area contributed by atoms with Crippen molar-refractivity contribution in [2.75, 3.05) is 19.6 Å². The molecule has 14 heavy (non-hydrogen) atoms. The van der Waals surface area contributed by atoms with Crippen molar-refractivity contribution >= 4 is 0 Å². The molecule has 0 aliphatic heterocycles. The summed E-state index contributed by atoms with van der Waals surface area (Å²) in [4.78, 5) is 0. The van der Waals surface area contributed by atoms with E-state index in [0.717, 1.165) is 6.04 Å². The third-order valence-electron chi connectivity index (χ3n) is 3.10. The maximum atomic E-state index is 2.38. The standard InChI is InChI=1S/C12H28N.H2O/c1-6-9-13(10-7-2,11-8-3)12(4)5;/h12H,6-11H2,1-5H3;1H2/q+1;/p-1. The average molecular weight is 203 g/mol. The summed E-state index contributed by atoms with van der Waals surface area (Å²) in [5, 5.41) is 0. The molecule has 0 aromatic carbocycles. The van der Waals surface area contributed by atoms with E-state index in [0.29, 0.717) is 0 Å². The van der Waals surface area contributed by atoms with Gasteiger partial charge < -0.3 is 9.96 Å². The zero-order valence-corrected chi connectivity index (χ0v) is 10.7. The Kier molecular flexibility index (Phi) is 9.63.